The first-order chi connectivity index (χ1) is 11.9. The van der Waals surface area contributed by atoms with E-state index in [1.165, 1.54) is 0 Å². The summed E-state index contributed by atoms with van der Waals surface area (Å²) in [7, 11) is -3.45. The monoisotopic (exact) mass is 398 g/mol. The van der Waals surface area contributed by atoms with Crippen LogP contribution in [-0.4, -0.2) is 32.4 Å². The van der Waals surface area contributed by atoms with E-state index >= 15 is 0 Å². The summed E-state index contributed by atoms with van der Waals surface area (Å²) in [6.45, 7) is 1.35. The predicted octanol–water partition coefficient (Wildman–Crippen LogP) is 3.50. The van der Waals surface area contributed by atoms with Crippen molar-refractivity contribution in [2.75, 3.05) is 19.6 Å². The van der Waals surface area contributed by atoms with E-state index in [1.807, 2.05) is 30.3 Å². The molecule has 0 amide bonds. The molecule has 2 aromatic rings. The summed E-state index contributed by atoms with van der Waals surface area (Å²) in [5, 5.41) is 0.772. The van der Waals surface area contributed by atoms with E-state index in [4.69, 9.17) is 28.9 Å². The van der Waals surface area contributed by atoms with Gasteiger partial charge >= 0.3 is 0 Å². The maximum absolute atomic E-state index is 12.8. The number of nitrogens with two attached hydrogens (primary N) is 1. The Bertz CT molecular complexity index is 843. The lowest BCUT2D eigenvalue weighted by Crippen LogP contribution is -2.31. The number of hydrogen-bond acceptors (Lipinski definition) is 3. The molecule has 4 nitrogen and oxygen atoms in total. The SMILES string of the molecule is NC[C@@H]1CN(S(=O)(=O)Cc2ccc(Cl)c(Cl)c2)C[C@H]1c1ccccc1. The quantitative estimate of drug-likeness (QED) is 0.837. The first-order valence-corrected chi connectivity index (χ1v) is 10.4. The second-order valence-electron chi connectivity index (χ2n) is 6.33. The van der Waals surface area contributed by atoms with Crippen molar-refractivity contribution in [2.24, 2.45) is 11.7 Å². The maximum atomic E-state index is 12.8. The van der Waals surface area contributed by atoms with Gasteiger partial charge in [0.1, 0.15) is 0 Å². The second-order valence-corrected chi connectivity index (χ2v) is 9.12. The number of nitrogens with zero attached hydrogens (tertiary/aromatic N) is 1. The van der Waals surface area contributed by atoms with Gasteiger partial charge in [-0.2, -0.15) is 0 Å². The molecule has 0 saturated carbocycles. The van der Waals surface area contributed by atoms with Gasteiger partial charge in [-0.1, -0.05) is 59.6 Å². The molecule has 0 unspecified atom stereocenters. The van der Waals surface area contributed by atoms with Crippen LogP contribution >= 0.6 is 23.2 Å². The van der Waals surface area contributed by atoms with Crippen LogP contribution in [0.3, 0.4) is 0 Å². The van der Waals surface area contributed by atoms with Gasteiger partial charge < -0.3 is 5.73 Å². The van der Waals surface area contributed by atoms with Gasteiger partial charge in [-0.25, -0.2) is 12.7 Å². The van der Waals surface area contributed by atoms with Crippen LogP contribution in [0, 0.1) is 5.92 Å². The van der Waals surface area contributed by atoms with E-state index in [9.17, 15) is 8.42 Å². The Morgan fingerprint density at radius 2 is 1.76 bits per heavy atom. The molecule has 7 heteroatoms. The first-order valence-electron chi connectivity index (χ1n) is 8.07. The molecule has 2 N–H and O–H groups in total. The molecular formula is C18H20Cl2N2O2S. The molecule has 1 heterocycles. The molecule has 0 aromatic heterocycles. The van der Waals surface area contributed by atoms with Gasteiger partial charge in [0.25, 0.3) is 0 Å². The largest absolute Gasteiger partial charge is 0.330 e. The minimum absolute atomic E-state index is 0.0946. The Morgan fingerprint density at radius 3 is 2.40 bits per heavy atom. The molecule has 0 radical (unpaired) electrons. The van der Waals surface area contributed by atoms with Crippen molar-refractivity contribution in [3.63, 3.8) is 0 Å². The standard InChI is InChI=1S/C18H20Cl2N2O2S/c19-17-7-6-13(8-18(17)20)12-25(23,24)22-10-15(9-21)16(11-22)14-4-2-1-3-5-14/h1-8,15-16H,9-12,21H2/t15-,16+/m1/s1. The fourth-order valence-corrected chi connectivity index (χ4v) is 5.22. The number of sulfonamides is 1. The molecule has 1 fully saturated rings. The Labute approximate surface area is 158 Å². The predicted molar refractivity (Wildman–Crippen MR) is 102 cm³/mol. The van der Waals surface area contributed by atoms with E-state index < -0.39 is 10.0 Å². The van der Waals surface area contributed by atoms with E-state index in [1.54, 1.807) is 22.5 Å². The first kappa shape index (κ1) is 18.7. The third-order valence-corrected chi connectivity index (χ3v) is 7.19. The molecule has 0 bridgehead atoms. The summed E-state index contributed by atoms with van der Waals surface area (Å²) in [4.78, 5) is 0. The summed E-state index contributed by atoms with van der Waals surface area (Å²) in [6.07, 6.45) is 0. The molecule has 25 heavy (non-hydrogen) atoms. The zero-order valence-corrected chi connectivity index (χ0v) is 15.9. The highest BCUT2D eigenvalue weighted by molar-refractivity contribution is 7.88. The minimum Gasteiger partial charge on any atom is -0.330 e. The molecule has 0 aliphatic carbocycles. The summed E-state index contributed by atoms with van der Waals surface area (Å²) in [5.41, 5.74) is 7.66. The Balaban J connectivity index is 1.79. The summed E-state index contributed by atoms with van der Waals surface area (Å²) >= 11 is 11.9. The van der Waals surface area contributed by atoms with Crippen molar-refractivity contribution in [3.8, 4) is 0 Å². The zero-order chi connectivity index (χ0) is 18.0. The van der Waals surface area contributed by atoms with Crippen LogP contribution in [0.1, 0.15) is 17.0 Å². The van der Waals surface area contributed by atoms with Crippen molar-refractivity contribution in [3.05, 3.63) is 69.7 Å². The Morgan fingerprint density at radius 1 is 1.04 bits per heavy atom. The number of rotatable bonds is 5. The summed E-state index contributed by atoms with van der Waals surface area (Å²) in [6, 6.07) is 14.9. The molecule has 1 saturated heterocycles. The summed E-state index contributed by atoms with van der Waals surface area (Å²) in [5.74, 6) is 0.142. The van der Waals surface area contributed by atoms with Crippen LogP contribution in [0.25, 0.3) is 0 Å². The third kappa shape index (κ3) is 4.18. The topological polar surface area (TPSA) is 63.4 Å². The lowest BCUT2D eigenvalue weighted by molar-refractivity contribution is 0.458. The fraction of sp³-hybridized carbons (Fsp3) is 0.333. The van der Waals surface area contributed by atoms with Crippen molar-refractivity contribution in [1.82, 2.24) is 4.31 Å². The number of benzene rings is 2. The second kappa shape index (κ2) is 7.64. The fourth-order valence-electron chi connectivity index (χ4n) is 3.31. The van der Waals surface area contributed by atoms with Gasteiger partial charge in [-0.3, -0.25) is 0 Å². The van der Waals surface area contributed by atoms with Crippen LogP contribution in [-0.2, 0) is 15.8 Å². The van der Waals surface area contributed by atoms with Crippen LogP contribution in [0.5, 0.6) is 0 Å². The third-order valence-electron chi connectivity index (χ3n) is 4.66. The molecule has 1 aliphatic heterocycles. The Hall–Kier alpha value is -1.11. The zero-order valence-electron chi connectivity index (χ0n) is 13.6. The van der Waals surface area contributed by atoms with Gasteiger partial charge in [-0.15, -0.1) is 0 Å². The Kier molecular flexibility index (Phi) is 5.71. The van der Waals surface area contributed by atoms with Gasteiger partial charge in [0, 0.05) is 19.0 Å². The molecule has 2 aromatic carbocycles. The van der Waals surface area contributed by atoms with Crippen molar-refractivity contribution < 1.29 is 8.42 Å². The average Bonchev–Trinajstić information content (AvgIpc) is 3.04. The molecule has 3 rings (SSSR count). The maximum Gasteiger partial charge on any atom is 0.218 e. The molecule has 1 aliphatic rings. The molecular weight excluding hydrogens is 379 g/mol. The van der Waals surface area contributed by atoms with Gasteiger partial charge in [0.15, 0.2) is 0 Å². The lowest BCUT2D eigenvalue weighted by Gasteiger charge is -2.17. The van der Waals surface area contributed by atoms with Crippen molar-refractivity contribution in [2.45, 2.75) is 11.7 Å². The molecule has 0 spiro atoms. The minimum atomic E-state index is -3.45. The number of hydrogen-bond donors (Lipinski definition) is 1. The average molecular weight is 399 g/mol. The van der Waals surface area contributed by atoms with Gasteiger partial charge in [0.05, 0.1) is 15.8 Å². The van der Waals surface area contributed by atoms with Crippen molar-refractivity contribution in [1.29, 1.82) is 0 Å². The van der Waals surface area contributed by atoms with Crippen LogP contribution in [0.15, 0.2) is 48.5 Å². The number of halogens is 2. The van der Waals surface area contributed by atoms with Crippen LogP contribution in [0.2, 0.25) is 10.0 Å². The molecule has 2 atom stereocenters. The van der Waals surface area contributed by atoms with Crippen LogP contribution < -0.4 is 5.73 Å². The summed E-state index contributed by atoms with van der Waals surface area (Å²) < 4.78 is 27.2. The van der Waals surface area contributed by atoms with Crippen molar-refractivity contribution >= 4 is 33.2 Å². The van der Waals surface area contributed by atoms with E-state index in [0.717, 1.165) is 5.56 Å². The normalized spacial score (nSPS) is 21.6. The van der Waals surface area contributed by atoms with E-state index in [2.05, 4.69) is 0 Å². The molecule has 134 valence electrons. The van der Waals surface area contributed by atoms with E-state index in [-0.39, 0.29) is 17.6 Å². The highest BCUT2D eigenvalue weighted by Crippen LogP contribution is 2.34. The highest BCUT2D eigenvalue weighted by atomic mass is 35.5. The van der Waals surface area contributed by atoms with Gasteiger partial charge in [-0.05, 0) is 35.7 Å². The van der Waals surface area contributed by atoms with Gasteiger partial charge in [0.2, 0.25) is 10.0 Å². The van der Waals surface area contributed by atoms with E-state index in [0.29, 0.717) is 35.2 Å². The van der Waals surface area contributed by atoms with Crippen LogP contribution in [0.4, 0.5) is 0 Å². The smallest absolute Gasteiger partial charge is 0.218 e. The highest BCUT2D eigenvalue weighted by Gasteiger charge is 2.38. The lowest BCUT2D eigenvalue weighted by atomic mass is 9.89.